The Balaban J connectivity index is 1.45. The van der Waals surface area contributed by atoms with Crippen LogP contribution in [0.4, 0.5) is 0 Å². The van der Waals surface area contributed by atoms with Crippen molar-refractivity contribution in [1.29, 1.82) is 0 Å². The molecule has 3 rings (SSSR count). The highest BCUT2D eigenvalue weighted by Gasteiger charge is 2.35. The molecular formula is C14H27N3O. The van der Waals surface area contributed by atoms with Gasteiger partial charge in [-0.05, 0) is 32.9 Å². The smallest absolute Gasteiger partial charge is 0.0826 e. The minimum Gasteiger partial charge on any atom is -0.374 e. The minimum absolute atomic E-state index is 0.390. The molecule has 3 aliphatic rings. The summed E-state index contributed by atoms with van der Waals surface area (Å²) >= 11 is 0. The van der Waals surface area contributed by atoms with E-state index in [1.807, 2.05) is 0 Å². The normalized spacial score (nSPS) is 38.8. The second kappa shape index (κ2) is 5.87. The Morgan fingerprint density at radius 3 is 3.00 bits per heavy atom. The Bertz CT molecular complexity index is 274. The molecule has 4 nitrogen and oxygen atoms in total. The highest BCUT2D eigenvalue weighted by Crippen LogP contribution is 2.27. The third-order valence-electron chi connectivity index (χ3n) is 4.81. The molecule has 18 heavy (non-hydrogen) atoms. The average molecular weight is 253 g/mol. The summed E-state index contributed by atoms with van der Waals surface area (Å²) in [5.74, 6) is 0. The first-order chi connectivity index (χ1) is 8.83. The van der Waals surface area contributed by atoms with Crippen LogP contribution in [0.3, 0.4) is 0 Å². The summed E-state index contributed by atoms with van der Waals surface area (Å²) in [5, 5.41) is 3.78. The molecule has 0 spiro atoms. The monoisotopic (exact) mass is 253 g/mol. The molecule has 3 aliphatic heterocycles. The predicted octanol–water partition coefficient (Wildman–Crippen LogP) is 0.533. The number of hydrogen-bond acceptors (Lipinski definition) is 4. The van der Waals surface area contributed by atoms with Crippen molar-refractivity contribution in [3.05, 3.63) is 0 Å². The molecule has 3 atom stereocenters. The third kappa shape index (κ3) is 2.87. The van der Waals surface area contributed by atoms with Crippen LogP contribution in [-0.4, -0.2) is 74.4 Å². The van der Waals surface area contributed by atoms with E-state index >= 15 is 0 Å². The molecule has 0 aromatic carbocycles. The van der Waals surface area contributed by atoms with E-state index in [-0.39, 0.29) is 0 Å². The van der Waals surface area contributed by atoms with Gasteiger partial charge >= 0.3 is 0 Å². The highest BCUT2D eigenvalue weighted by atomic mass is 16.5. The zero-order valence-electron chi connectivity index (χ0n) is 11.6. The summed E-state index contributed by atoms with van der Waals surface area (Å²) in [6.45, 7) is 6.70. The second-order valence-electron chi connectivity index (χ2n) is 6.16. The summed E-state index contributed by atoms with van der Waals surface area (Å²) < 4.78 is 5.83. The fourth-order valence-corrected chi connectivity index (χ4v) is 3.76. The maximum Gasteiger partial charge on any atom is 0.0826 e. The molecule has 0 bridgehead atoms. The number of piperidine rings is 1. The van der Waals surface area contributed by atoms with Crippen molar-refractivity contribution in [1.82, 2.24) is 15.1 Å². The number of ether oxygens (including phenoxy) is 1. The third-order valence-corrected chi connectivity index (χ3v) is 4.81. The highest BCUT2D eigenvalue weighted by molar-refractivity contribution is 4.94. The van der Waals surface area contributed by atoms with Crippen LogP contribution in [0.25, 0.3) is 0 Å². The van der Waals surface area contributed by atoms with Crippen molar-refractivity contribution >= 4 is 0 Å². The van der Waals surface area contributed by atoms with Crippen LogP contribution in [0.15, 0.2) is 0 Å². The van der Waals surface area contributed by atoms with E-state index in [9.17, 15) is 0 Å². The molecule has 0 amide bonds. The Morgan fingerprint density at radius 1 is 1.17 bits per heavy atom. The largest absolute Gasteiger partial charge is 0.374 e. The molecule has 104 valence electrons. The lowest BCUT2D eigenvalue weighted by Crippen LogP contribution is -2.50. The van der Waals surface area contributed by atoms with Gasteiger partial charge in [-0.1, -0.05) is 6.42 Å². The van der Waals surface area contributed by atoms with Crippen molar-refractivity contribution in [2.45, 2.75) is 43.9 Å². The Hall–Kier alpha value is -0.160. The van der Waals surface area contributed by atoms with Crippen LogP contribution in [0.5, 0.6) is 0 Å². The van der Waals surface area contributed by atoms with E-state index in [0.717, 1.165) is 32.3 Å². The van der Waals surface area contributed by atoms with Crippen LogP contribution >= 0.6 is 0 Å². The van der Waals surface area contributed by atoms with Gasteiger partial charge in [0, 0.05) is 38.3 Å². The summed E-state index contributed by atoms with van der Waals surface area (Å²) in [6, 6.07) is 1.52. The topological polar surface area (TPSA) is 27.7 Å². The molecule has 0 radical (unpaired) electrons. The van der Waals surface area contributed by atoms with Gasteiger partial charge in [-0.2, -0.15) is 0 Å². The van der Waals surface area contributed by atoms with Crippen LogP contribution < -0.4 is 5.32 Å². The number of nitrogens with one attached hydrogen (secondary N) is 1. The number of rotatable bonds is 3. The van der Waals surface area contributed by atoms with Crippen molar-refractivity contribution in [3.63, 3.8) is 0 Å². The SMILES string of the molecule is CN1CCOC(CNC2CCN3CCCCC23)C1. The van der Waals surface area contributed by atoms with Gasteiger partial charge in [0.05, 0.1) is 12.7 Å². The van der Waals surface area contributed by atoms with Crippen molar-refractivity contribution < 1.29 is 4.74 Å². The fourth-order valence-electron chi connectivity index (χ4n) is 3.76. The summed E-state index contributed by atoms with van der Waals surface area (Å²) in [4.78, 5) is 5.06. The quantitative estimate of drug-likeness (QED) is 0.794. The molecule has 0 saturated carbocycles. The molecule has 1 N–H and O–H groups in total. The first kappa shape index (κ1) is 12.9. The van der Waals surface area contributed by atoms with Gasteiger partial charge < -0.3 is 15.0 Å². The van der Waals surface area contributed by atoms with Crippen LogP contribution in [0.1, 0.15) is 25.7 Å². The fraction of sp³-hybridized carbons (Fsp3) is 1.00. The maximum absolute atomic E-state index is 5.83. The number of fused-ring (bicyclic) bond motifs is 1. The second-order valence-corrected chi connectivity index (χ2v) is 6.16. The van der Waals surface area contributed by atoms with Gasteiger partial charge in [0.1, 0.15) is 0 Å². The Morgan fingerprint density at radius 2 is 2.11 bits per heavy atom. The van der Waals surface area contributed by atoms with Crippen LogP contribution in [0.2, 0.25) is 0 Å². The van der Waals surface area contributed by atoms with Crippen molar-refractivity contribution in [2.24, 2.45) is 0 Å². The Kier molecular flexibility index (Phi) is 4.19. The zero-order valence-corrected chi connectivity index (χ0v) is 11.6. The van der Waals surface area contributed by atoms with Crippen LogP contribution in [-0.2, 0) is 4.74 Å². The molecule has 3 unspecified atom stereocenters. The van der Waals surface area contributed by atoms with Gasteiger partial charge in [0.2, 0.25) is 0 Å². The van der Waals surface area contributed by atoms with E-state index in [4.69, 9.17) is 4.74 Å². The molecule has 3 saturated heterocycles. The average Bonchev–Trinajstić information content (AvgIpc) is 2.80. The zero-order chi connectivity index (χ0) is 12.4. The van der Waals surface area contributed by atoms with E-state index < -0.39 is 0 Å². The molecule has 3 fully saturated rings. The van der Waals surface area contributed by atoms with E-state index in [2.05, 4.69) is 22.2 Å². The lowest BCUT2D eigenvalue weighted by atomic mass is 9.99. The summed E-state index contributed by atoms with van der Waals surface area (Å²) in [7, 11) is 2.19. The van der Waals surface area contributed by atoms with Gasteiger partial charge in [0.25, 0.3) is 0 Å². The molecule has 0 aromatic rings. The number of morpholine rings is 1. The number of likely N-dealkylation sites (N-methyl/N-ethyl adjacent to an activating group) is 1. The van der Waals surface area contributed by atoms with Crippen molar-refractivity contribution in [3.8, 4) is 0 Å². The van der Waals surface area contributed by atoms with Gasteiger partial charge in [-0.25, -0.2) is 0 Å². The molecule has 3 heterocycles. The molecule has 4 heteroatoms. The van der Waals surface area contributed by atoms with Gasteiger partial charge in [0.15, 0.2) is 0 Å². The summed E-state index contributed by atoms with van der Waals surface area (Å²) in [6.07, 6.45) is 5.93. The number of nitrogens with zero attached hydrogens (tertiary/aromatic N) is 2. The van der Waals surface area contributed by atoms with E-state index in [0.29, 0.717) is 12.1 Å². The number of hydrogen-bond donors (Lipinski definition) is 1. The molecule has 0 aliphatic carbocycles. The lowest BCUT2D eigenvalue weighted by molar-refractivity contribution is -0.0199. The maximum atomic E-state index is 5.83. The lowest BCUT2D eigenvalue weighted by Gasteiger charge is -2.34. The first-order valence-corrected chi connectivity index (χ1v) is 7.60. The molecule has 0 aromatic heterocycles. The standard InChI is InChI=1S/C14H27N3O/c1-16-8-9-18-12(11-16)10-15-13-5-7-17-6-3-2-4-14(13)17/h12-15H,2-11H2,1H3. The van der Waals surface area contributed by atoms with Crippen LogP contribution in [0, 0.1) is 0 Å². The van der Waals surface area contributed by atoms with E-state index in [1.54, 1.807) is 0 Å². The van der Waals surface area contributed by atoms with E-state index in [1.165, 1.54) is 38.8 Å². The predicted molar refractivity (Wildman–Crippen MR) is 72.9 cm³/mol. The van der Waals surface area contributed by atoms with Gasteiger partial charge in [-0.3, -0.25) is 4.90 Å². The summed E-state index contributed by atoms with van der Waals surface area (Å²) in [5.41, 5.74) is 0. The van der Waals surface area contributed by atoms with Gasteiger partial charge in [-0.15, -0.1) is 0 Å². The first-order valence-electron chi connectivity index (χ1n) is 7.60. The van der Waals surface area contributed by atoms with Crippen molar-refractivity contribution in [2.75, 3.05) is 46.4 Å². The Labute approximate surface area is 111 Å². The minimum atomic E-state index is 0.390. The molecular weight excluding hydrogens is 226 g/mol.